The molecule has 0 fully saturated rings. The van der Waals surface area contributed by atoms with E-state index in [0.717, 1.165) is 5.56 Å². The number of nitriles is 1. The molecular formula is C13H18N2O2S. The van der Waals surface area contributed by atoms with E-state index >= 15 is 0 Å². The van der Waals surface area contributed by atoms with Crippen LogP contribution in [0.1, 0.15) is 25.3 Å². The molecule has 1 aromatic rings. The van der Waals surface area contributed by atoms with E-state index in [4.69, 9.17) is 5.26 Å². The Hall–Kier alpha value is -1.38. The number of benzene rings is 1. The fraction of sp³-hybridized carbons (Fsp3) is 0.462. The standard InChI is InChI=1S/C13H18N2O2S/c1-2-15(12-13-8-4-3-5-9-13)18(16,17)11-7-6-10-14/h3-5,8-9H,2,6-7,11-12H2,1H3. The third kappa shape index (κ3) is 4.47. The molecule has 0 aliphatic heterocycles. The van der Waals surface area contributed by atoms with Gasteiger partial charge in [0.05, 0.1) is 11.8 Å². The van der Waals surface area contributed by atoms with Gasteiger partial charge < -0.3 is 0 Å². The first-order valence-electron chi connectivity index (χ1n) is 5.99. The van der Waals surface area contributed by atoms with E-state index in [1.165, 1.54) is 4.31 Å². The molecule has 0 spiro atoms. The molecule has 0 bridgehead atoms. The fourth-order valence-electron chi connectivity index (χ4n) is 1.66. The zero-order valence-corrected chi connectivity index (χ0v) is 11.4. The Balaban J connectivity index is 2.68. The highest BCUT2D eigenvalue weighted by Crippen LogP contribution is 2.10. The van der Waals surface area contributed by atoms with Crippen LogP contribution in [0, 0.1) is 11.3 Å². The van der Waals surface area contributed by atoms with Crippen molar-refractivity contribution in [2.75, 3.05) is 12.3 Å². The number of rotatable bonds is 7. The summed E-state index contributed by atoms with van der Waals surface area (Å²) in [5.41, 5.74) is 0.975. The second-order valence-corrected chi connectivity index (χ2v) is 6.08. The van der Waals surface area contributed by atoms with Gasteiger partial charge in [0.15, 0.2) is 0 Å². The summed E-state index contributed by atoms with van der Waals surface area (Å²) in [6.45, 7) is 2.67. The topological polar surface area (TPSA) is 61.2 Å². The summed E-state index contributed by atoms with van der Waals surface area (Å²) in [6, 6.07) is 11.5. The number of sulfonamides is 1. The van der Waals surface area contributed by atoms with Crippen molar-refractivity contribution in [2.45, 2.75) is 26.3 Å². The fourth-order valence-corrected chi connectivity index (χ4v) is 3.16. The largest absolute Gasteiger partial charge is 0.214 e. The lowest BCUT2D eigenvalue weighted by Gasteiger charge is -2.20. The van der Waals surface area contributed by atoms with Crippen molar-refractivity contribution in [1.29, 1.82) is 5.26 Å². The van der Waals surface area contributed by atoms with Crippen LogP contribution in [0.3, 0.4) is 0 Å². The smallest absolute Gasteiger partial charge is 0.212 e. The molecule has 98 valence electrons. The monoisotopic (exact) mass is 266 g/mol. The predicted octanol–water partition coefficient (Wildman–Crippen LogP) is 2.14. The van der Waals surface area contributed by atoms with Gasteiger partial charge in [-0.15, -0.1) is 0 Å². The van der Waals surface area contributed by atoms with Crippen molar-refractivity contribution >= 4 is 10.0 Å². The van der Waals surface area contributed by atoms with Gasteiger partial charge in [-0.25, -0.2) is 8.42 Å². The molecule has 18 heavy (non-hydrogen) atoms. The normalized spacial score (nSPS) is 11.4. The molecule has 0 saturated carbocycles. The molecule has 1 rings (SSSR count). The second-order valence-electron chi connectivity index (χ2n) is 3.99. The van der Waals surface area contributed by atoms with Crippen LogP contribution in [0.4, 0.5) is 0 Å². The highest BCUT2D eigenvalue weighted by molar-refractivity contribution is 7.89. The summed E-state index contributed by atoms with van der Waals surface area (Å²) in [4.78, 5) is 0. The SMILES string of the molecule is CCN(Cc1ccccc1)S(=O)(=O)CCCC#N. The van der Waals surface area contributed by atoms with Gasteiger partial charge in [-0.05, 0) is 12.0 Å². The van der Waals surface area contributed by atoms with Crippen molar-refractivity contribution in [3.8, 4) is 6.07 Å². The van der Waals surface area contributed by atoms with Crippen LogP contribution in [0.15, 0.2) is 30.3 Å². The van der Waals surface area contributed by atoms with Crippen LogP contribution in [0.2, 0.25) is 0 Å². The van der Waals surface area contributed by atoms with E-state index < -0.39 is 10.0 Å². The van der Waals surface area contributed by atoms with Crippen molar-refractivity contribution in [1.82, 2.24) is 4.31 Å². The Morgan fingerprint density at radius 1 is 1.28 bits per heavy atom. The first-order chi connectivity index (χ1) is 8.60. The summed E-state index contributed by atoms with van der Waals surface area (Å²) < 4.78 is 25.6. The summed E-state index contributed by atoms with van der Waals surface area (Å²) in [6.07, 6.45) is 0.673. The Morgan fingerprint density at radius 2 is 1.94 bits per heavy atom. The van der Waals surface area contributed by atoms with Gasteiger partial charge in [0.2, 0.25) is 10.0 Å². The molecule has 1 aromatic carbocycles. The number of unbranched alkanes of at least 4 members (excludes halogenated alkanes) is 1. The van der Waals surface area contributed by atoms with E-state index in [1.807, 2.05) is 43.3 Å². The molecule has 0 amide bonds. The molecule has 0 atom stereocenters. The highest BCUT2D eigenvalue weighted by Gasteiger charge is 2.19. The van der Waals surface area contributed by atoms with E-state index in [1.54, 1.807) is 0 Å². The summed E-state index contributed by atoms with van der Waals surface area (Å²) in [5, 5.41) is 8.44. The van der Waals surface area contributed by atoms with Gasteiger partial charge in [0.25, 0.3) is 0 Å². The van der Waals surface area contributed by atoms with Gasteiger partial charge in [-0.1, -0.05) is 37.3 Å². The Labute approximate surface area is 109 Å². The zero-order chi connectivity index (χ0) is 13.4. The molecule has 0 N–H and O–H groups in total. The molecule has 0 saturated heterocycles. The van der Waals surface area contributed by atoms with Crippen LogP contribution in [-0.4, -0.2) is 25.0 Å². The number of hydrogen-bond donors (Lipinski definition) is 0. The van der Waals surface area contributed by atoms with Crippen LogP contribution in [-0.2, 0) is 16.6 Å². The maximum Gasteiger partial charge on any atom is 0.214 e. The van der Waals surface area contributed by atoms with Gasteiger partial charge in [0, 0.05) is 19.5 Å². The van der Waals surface area contributed by atoms with Crippen LogP contribution >= 0.6 is 0 Å². The molecule has 0 aliphatic rings. The van der Waals surface area contributed by atoms with Gasteiger partial charge in [-0.3, -0.25) is 0 Å². The van der Waals surface area contributed by atoms with E-state index in [-0.39, 0.29) is 12.2 Å². The molecule has 0 aromatic heterocycles. The van der Waals surface area contributed by atoms with Gasteiger partial charge in [0.1, 0.15) is 0 Å². The molecule has 0 heterocycles. The van der Waals surface area contributed by atoms with Crippen molar-refractivity contribution in [3.05, 3.63) is 35.9 Å². The lowest BCUT2D eigenvalue weighted by atomic mass is 10.2. The zero-order valence-electron chi connectivity index (χ0n) is 10.5. The third-order valence-corrected chi connectivity index (χ3v) is 4.62. The molecular weight excluding hydrogens is 248 g/mol. The van der Waals surface area contributed by atoms with E-state index in [9.17, 15) is 8.42 Å². The summed E-state index contributed by atoms with van der Waals surface area (Å²) >= 11 is 0. The predicted molar refractivity (Wildman–Crippen MR) is 71.2 cm³/mol. The van der Waals surface area contributed by atoms with Crippen molar-refractivity contribution in [2.24, 2.45) is 0 Å². The quantitative estimate of drug-likeness (QED) is 0.710. The maximum absolute atomic E-state index is 12.1. The highest BCUT2D eigenvalue weighted by atomic mass is 32.2. The van der Waals surface area contributed by atoms with Crippen LogP contribution in [0.25, 0.3) is 0 Å². The van der Waals surface area contributed by atoms with E-state index in [2.05, 4.69) is 0 Å². The summed E-state index contributed by atoms with van der Waals surface area (Å²) in [7, 11) is -3.26. The van der Waals surface area contributed by atoms with E-state index in [0.29, 0.717) is 19.5 Å². The van der Waals surface area contributed by atoms with Crippen molar-refractivity contribution in [3.63, 3.8) is 0 Å². The number of nitrogens with zero attached hydrogens (tertiary/aromatic N) is 2. The van der Waals surface area contributed by atoms with Crippen LogP contribution < -0.4 is 0 Å². The van der Waals surface area contributed by atoms with Crippen LogP contribution in [0.5, 0.6) is 0 Å². The Kier molecular flexibility index (Phi) is 5.83. The third-order valence-electron chi connectivity index (χ3n) is 2.64. The Bertz CT molecular complexity index is 491. The second kappa shape index (κ2) is 7.14. The van der Waals surface area contributed by atoms with Gasteiger partial charge in [-0.2, -0.15) is 9.57 Å². The molecule has 5 heteroatoms. The minimum absolute atomic E-state index is 0.0429. The first kappa shape index (κ1) is 14.7. The molecule has 0 radical (unpaired) electrons. The number of hydrogen-bond acceptors (Lipinski definition) is 3. The Morgan fingerprint density at radius 3 is 2.50 bits per heavy atom. The molecule has 4 nitrogen and oxygen atoms in total. The maximum atomic E-state index is 12.1. The van der Waals surface area contributed by atoms with Gasteiger partial charge >= 0.3 is 0 Å². The molecule has 0 aliphatic carbocycles. The average molecular weight is 266 g/mol. The average Bonchev–Trinajstić information content (AvgIpc) is 2.37. The lowest BCUT2D eigenvalue weighted by molar-refractivity contribution is 0.422. The summed E-state index contributed by atoms with van der Waals surface area (Å²) in [5.74, 6) is 0.0429. The minimum Gasteiger partial charge on any atom is -0.212 e. The van der Waals surface area contributed by atoms with Crippen molar-refractivity contribution < 1.29 is 8.42 Å². The first-order valence-corrected chi connectivity index (χ1v) is 7.59. The minimum atomic E-state index is -3.26. The molecule has 0 unspecified atom stereocenters. The lowest BCUT2D eigenvalue weighted by Crippen LogP contribution is -2.32.